The Balaban J connectivity index is 1.87. The van der Waals surface area contributed by atoms with E-state index in [0.717, 1.165) is 0 Å². The SMILES string of the molecule is Cc1cccc(C)c1Cn1cnc2c(-c3cc(C#N)ccn3)nc(N)nc21. The maximum absolute atomic E-state index is 9.14. The third kappa shape index (κ3) is 2.98. The number of nitriles is 1. The molecule has 27 heavy (non-hydrogen) atoms. The van der Waals surface area contributed by atoms with Gasteiger partial charge in [0.1, 0.15) is 11.2 Å². The number of benzene rings is 1. The lowest BCUT2D eigenvalue weighted by Gasteiger charge is -2.11. The van der Waals surface area contributed by atoms with Crippen LogP contribution in [0.15, 0.2) is 42.9 Å². The summed E-state index contributed by atoms with van der Waals surface area (Å²) in [6.45, 7) is 4.82. The molecule has 0 spiro atoms. The van der Waals surface area contributed by atoms with Crippen LogP contribution >= 0.6 is 0 Å². The van der Waals surface area contributed by atoms with Crippen molar-refractivity contribution in [2.24, 2.45) is 0 Å². The van der Waals surface area contributed by atoms with Crippen LogP contribution < -0.4 is 5.73 Å². The molecule has 4 rings (SSSR count). The molecular formula is C20H17N7. The molecule has 3 aromatic heterocycles. The van der Waals surface area contributed by atoms with Crippen LogP contribution in [0, 0.1) is 25.2 Å². The molecule has 4 aromatic rings. The average molecular weight is 355 g/mol. The molecule has 0 saturated carbocycles. The van der Waals surface area contributed by atoms with Crippen LogP contribution in [0.3, 0.4) is 0 Å². The molecule has 0 aliphatic carbocycles. The predicted octanol–water partition coefficient (Wildman–Crippen LogP) is 3.01. The summed E-state index contributed by atoms with van der Waals surface area (Å²) in [6.07, 6.45) is 3.31. The first-order chi connectivity index (χ1) is 13.1. The number of aryl methyl sites for hydroxylation is 2. The minimum Gasteiger partial charge on any atom is -0.368 e. The third-order valence-electron chi connectivity index (χ3n) is 4.59. The second-order valence-corrected chi connectivity index (χ2v) is 6.39. The van der Waals surface area contributed by atoms with E-state index < -0.39 is 0 Å². The molecule has 3 heterocycles. The highest BCUT2D eigenvalue weighted by Crippen LogP contribution is 2.26. The fourth-order valence-corrected chi connectivity index (χ4v) is 3.15. The Bertz CT molecular complexity index is 1180. The Morgan fingerprint density at radius 1 is 1.11 bits per heavy atom. The smallest absolute Gasteiger partial charge is 0.222 e. The van der Waals surface area contributed by atoms with Crippen LogP contribution in [0.25, 0.3) is 22.6 Å². The number of anilines is 1. The molecule has 0 atom stereocenters. The molecule has 0 bridgehead atoms. The van der Waals surface area contributed by atoms with E-state index >= 15 is 0 Å². The topological polar surface area (TPSA) is 106 Å². The van der Waals surface area contributed by atoms with Gasteiger partial charge >= 0.3 is 0 Å². The number of pyridine rings is 1. The van der Waals surface area contributed by atoms with Crippen molar-refractivity contribution in [1.29, 1.82) is 5.26 Å². The lowest BCUT2D eigenvalue weighted by molar-refractivity contribution is 0.802. The van der Waals surface area contributed by atoms with E-state index in [0.29, 0.717) is 34.7 Å². The molecule has 2 N–H and O–H groups in total. The van der Waals surface area contributed by atoms with Crippen LogP contribution in [0.4, 0.5) is 5.95 Å². The number of nitrogens with two attached hydrogens (primary N) is 1. The third-order valence-corrected chi connectivity index (χ3v) is 4.59. The van der Waals surface area contributed by atoms with Gasteiger partial charge in [-0.2, -0.15) is 10.2 Å². The van der Waals surface area contributed by atoms with E-state index in [1.165, 1.54) is 16.7 Å². The quantitative estimate of drug-likeness (QED) is 0.605. The molecule has 0 aliphatic rings. The summed E-state index contributed by atoms with van der Waals surface area (Å²) in [7, 11) is 0. The number of rotatable bonds is 3. The van der Waals surface area contributed by atoms with Crippen molar-refractivity contribution in [1.82, 2.24) is 24.5 Å². The number of nitrogen functional groups attached to an aromatic ring is 1. The molecule has 0 unspecified atom stereocenters. The van der Waals surface area contributed by atoms with Crippen LogP contribution in [-0.4, -0.2) is 24.5 Å². The van der Waals surface area contributed by atoms with E-state index in [-0.39, 0.29) is 5.95 Å². The van der Waals surface area contributed by atoms with Gasteiger partial charge in [-0.1, -0.05) is 18.2 Å². The summed E-state index contributed by atoms with van der Waals surface area (Å²) >= 11 is 0. The highest BCUT2D eigenvalue weighted by molar-refractivity contribution is 5.87. The normalized spacial score (nSPS) is 10.9. The maximum Gasteiger partial charge on any atom is 0.222 e. The van der Waals surface area contributed by atoms with E-state index in [1.807, 2.05) is 10.6 Å². The van der Waals surface area contributed by atoms with Crippen LogP contribution in [0.2, 0.25) is 0 Å². The maximum atomic E-state index is 9.14. The first-order valence-corrected chi connectivity index (χ1v) is 8.47. The Kier molecular flexibility index (Phi) is 4.01. The van der Waals surface area contributed by atoms with Gasteiger partial charge in [-0.15, -0.1) is 0 Å². The Labute approximate surface area is 156 Å². The highest BCUT2D eigenvalue weighted by Gasteiger charge is 2.16. The minimum atomic E-state index is 0.143. The van der Waals surface area contributed by atoms with E-state index in [2.05, 4.69) is 52.0 Å². The van der Waals surface area contributed by atoms with Crippen molar-refractivity contribution in [3.05, 3.63) is 65.1 Å². The lowest BCUT2D eigenvalue weighted by atomic mass is 10.0. The molecule has 0 amide bonds. The van der Waals surface area contributed by atoms with Crippen molar-refractivity contribution in [3.63, 3.8) is 0 Å². The average Bonchev–Trinajstić information content (AvgIpc) is 3.07. The van der Waals surface area contributed by atoms with Gasteiger partial charge in [0.25, 0.3) is 0 Å². The Hall–Kier alpha value is -3.79. The number of aromatic nitrogens is 5. The zero-order valence-corrected chi connectivity index (χ0v) is 15.0. The van der Waals surface area contributed by atoms with Gasteiger partial charge in [0, 0.05) is 6.20 Å². The van der Waals surface area contributed by atoms with Crippen molar-refractivity contribution < 1.29 is 0 Å². The second-order valence-electron chi connectivity index (χ2n) is 6.39. The zero-order chi connectivity index (χ0) is 19.0. The van der Waals surface area contributed by atoms with Crippen molar-refractivity contribution in [2.75, 3.05) is 5.73 Å². The summed E-state index contributed by atoms with van der Waals surface area (Å²) in [4.78, 5) is 17.5. The van der Waals surface area contributed by atoms with Crippen molar-refractivity contribution in [2.45, 2.75) is 20.4 Å². The zero-order valence-electron chi connectivity index (χ0n) is 15.0. The van der Waals surface area contributed by atoms with Crippen LogP contribution in [0.1, 0.15) is 22.3 Å². The summed E-state index contributed by atoms with van der Waals surface area (Å²) in [5.74, 6) is 0.143. The summed E-state index contributed by atoms with van der Waals surface area (Å²) in [5, 5.41) is 9.14. The largest absolute Gasteiger partial charge is 0.368 e. The number of nitrogens with zero attached hydrogens (tertiary/aromatic N) is 6. The van der Waals surface area contributed by atoms with Gasteiger partial charge in [0.15, 0.2) is 5.65 Å². The van der Waals surface area contributed by atoms with Gasteiger partial charge in [0.05, 0.1) is 30.2 Å². The predicted molar refractivity (Wildman–Crippen MR) is 103 cm³/mol. The fraction of sp³-hybridized carbons (Fsp3) is 0.150. The molecule has 0 saturated heterocycles. The highest BCUT2D eigenvalue weighted by atomic mass is 15.1. The number of hydrogen-bond acceptors (Lipinski definition) is 6. The lowest BCUT2D eigenvalue weighted by Crippen LogP contribution is -2.05. The minimum absolute atomic E-state index is 0.143. The fourth-order valence-electron chi connectivity index (χ4n) is 3.15. The molecule has 7 heteroatoms. The standard InChI is InChI=1S/C20H17N7/c1-12-4-3-5-13(2)15(12)10-27-11-24-18-17(25-20(22)26-19(18)27)16-8-14(9-21)6-7-23-16/h3-8,11H,10H2,1-2H3,(H2,22,25,26). The van der Waals surface area contributed by atoms with Crippen molar-refractivity contribution >= 4 is 17.1 Å². The Morgan fingerprint density at radius 2 is 1.89 bits per heavy atom. The van der Waals surface area contributed by atoms with Gasteiger partial charge in [-0.05, 0) is 42.7 Å². The molecule has 1 aromatic carbocycles. The van der Waals surface area contributed by atoms with Gasteiger partial charge in [-0.25, -0.2) is 9.97 Å². The summed E-state index contributed by atoms with van der Waals surface area (Å²) in [5.41, 5.74) is 12.4. The van der Waals surface area contributed by atoms with Gasteiger partial charge in [-0.3, -0.25) is 4.98 Å². The van der Waals surface area contributed by atoms with Crippen LogP contribution in [-0.2, 0) is 6.54 Å². The van der Waals surface area contributed by atoms with Crippen molar-refractivity contribution in [3.8, 4) is 17.5 Å². The number of hydrogen-bond donors (Lipinski definition) is 1. The summed E-state index contributed by atoms with van der Waals surface area (Å²) < 4.78 is 1.96. The molecule has 132 valence electrons. The van der Waals surface area contributed by atoms with Gasteiger partial charge < -0.3 is 10.3 Å². The van der Waals surface area contributed by atoms with Gasteiger partial charge in [0.2, 0.25) is 5.95 Å². The molecule has 0 aliphatic heterocycles. The molecule has 7 nitrogen and oxygen atoms in total. The van der Waals surface area contributed by atoms with Crippen LogP contribution in [0.5, 0.6) is 0 Å². The first-order valence-electron chi connectivity index (χ1n) is 8.47. The molecular weight excluding hydrogens is 338 g/mol. The second kappa shape index (κ2) is 6.50. The first kappa shape index (κ1) is 16.7. The molecule has 0 radical (unpaired) electrons. The van der Waals surface area contributed by atoms with E-state index in [4.69, 9.17) is 11.0 Å². The Morgan fingerprint density at radius 3 is 2.63 bits per heavy atom. The van der Waals surface area contributed by atoms with E-state index in [9.17, 15) is 0 Å². The number of fused-ring (bicyclic) bond motifs is 1. The van der Waals surface area contributed by atoms with E-state index in [1.54, 1.807) is 24.7 Å². The summed E-state index contributed by atoms with van der Waals surface area (Å²) in [6, 6.07) is 11.7. The number of imidazole rings is 1. The molecule has 0 fully saturated rings. The monoisotopic (exact) mass is 355 g/mol.